The molecule has 2 aromatic heterocycles. The molecule has 0 aliphatic rings. The maximum atomic E-state index is 4.15. The molecule has 0 unspecified atom stereocenters. The summed E-state index contributed by atoms with van der Waals surface area (Å²) in [6.07, 6.45) is 3.65. The van der Waals surface area contributed by atoms with Gasteiger partial charge < -0.3 is 0 Å². The number of pyridine rings is 1. The fraction of sp³-hybridized carbons (Fsp3) is 0.455. The summed E-state index contributed by atoms with van der Waals surface area (Å²) < 4.78 is 1.83. The minimum absolute atomic E-state index is 0.157. The van der Waals surface area contributed by atoms with Gasteiger partial charge in [-0.3, -0.25) is 0 Å². The predicted octanol–water partition coefficient (Wildman–Crippen LogP) is 2.34. The summed E-state index contributed by atoms with van der Waals surface area (Å²) in [5, 5.41) is 4.14. The van der Waals surface area contributed by atoms with Crippen LogP contribution in [-0.2, 0) is 5.41 Å². The number of nitrogens with zero attached hydrogens (tertiary/aromatic N) is 3. The molecule has 2 heterocycles. The second kappa shape index (κ2) is 2.80. The highest BCUT2D eigenvalue weighted by Crippen LogP contribution is 2.25. The zero-order chi connectivity index (χ0) is 10.3. The van der Waals surface area contributed by atoms with E-state index in [4.69, 9.17) is 0 Å². The largest absolute Gasteiger partial charge is 0.221 e. The third-order valence-electron chi connectivity index (χ3n) is 2.43. The predicted molar refractivity (Wildman–Crippen MR) is 56.4 cm³/mol. The molecule has 0 bridgehead atoms. The molecular formula is C11H15N3. The Morgan fingerprint density at radius 2 is 2.00 bits per heavy atom. The van der Waals surface area contributed by atoms with E-state index in [1.807, 2.05) is 4.52 Å². The zero-order valence-electron chi connectivity index (χ0n) is 9.07. The Labute approximate surface area is 83.8 Å². The van der Waals surface area contributed by atoms with Gasteiger partial charge >= 0.3 is 0 Å². The van der Waals surface area contributed by atoms with Crippen molar-refractivity contribution in [2.45, 2.75) is 33.1 Å². The number of fused-ring (bicyclic) bond motifs is 1. The van der Waals surface area contributed by atoms with Crippen LogP contribution in [0.2, 0.25) is 0 Å². The van der Waals surface area contributed by atoms with Crippen molar-refractivity contribution >= 4 is 5.65 Å². The summed E-state index contributed by atoms with van der Waals surface area (Å²) in [7, 11) is 0. The summed E-state index contributed by atoms with van der Waals surface area (Å²) >= 11 is 0. The van der Waals surface area contributed by atoms with Crippen LogP contribution in [0.5, 0.6) is 0 Å². The topological polar surface area (TPSA) is 30.2 Å². The minimum Gasteiger partial charge on any atom is -0.221 e. The van der Waals surface area contributed by atoms with Gasteiger partial charge in [0, 0.05) is 6.20 Å². The summed E-state index contributed by atoms with van der Waals surface area (Å²) in [4.78, 5) is 4.15. The quantitative estimate of drug-likeness (QED) is 0.636. The van der Waals surface area contributed by atoms with Gasteiger partial charge in [0.05, 0.1) is 0 Å². The highest BCUT2D eigenvalue weighted by atomic mass is 15.3. The molecule has 0 atom stereocenters. The molecule has 0 spiro atoms. The summed E-state index contributed by atoms with van der Waals surface area (Å²) in [6.45, 7) is 8.74. The summed E-state index contributed by atoms with van der Waals surface area (Å²) in [5.41, 5.74) is 3.66. The normalized spacial score (nSPS) is 12.3. The van der Waals surface area contributed by atoms with Crippen molar-refractivity contribution in [3.63, 3.8) is 0 Å². The average molecular weight is 189 g/mol. The molecule has 0 N–H and O–H groups in total. The fourth-order valence-electron chi connectivity index (χ4n) is 1.74. The summed E-state index contributed by atoms with van der Waals surface area (Å²) in [6, 6.07) is 2.08. The van der Waals surface area contributed by atoms with E-state index in [0.29, 0.717) is 0 Å². The molecule has 0 aromatic carbocycles. The average Bonchev–Trinajstić information content (AvgIpc) is 2.47. The Morgan fingerprint density at radius 3 is 2.64 bits per heavy atom. The Bertz CT molecular complexity index is 463. The van der Waals surface area contributed by atoms with E-state index >= 15 is 0 Å². The van der Waals surface area contributed by atoms with E-state index in [9.17, 15) is 0 Å². The third-order valence-corrected chi connectivity index (χ3v) is 2.43. The molecule has 0 fully saturated rings. The Kier molecular flexibility index (Phi) is 1.84. The summed E-state index contributed by atoms with van der Waals surface area (Å²) in [5.74, 6) is 0. The van der Waals surface area contributed by atoms with Crippen LogP contribution in [-0.4, -0.2) is 14.6 Å². The van der Waals surface area contributed by atoms with E-state index in [1.165, 1.54) is 11.1 Å². The van der Waals surface area contributed by atoms with Gasteiger partial charge in [0.1, 0.15) is 6.33 Å². The second-order valence-corrected chi connectivity index (χ2v) is 4.68. The van der Waals surface area contributed by atoms with Crippen molar-refractivity contribution in [2.75, 3.05) is 0 Å². The molecule has 0 aliphatic heterocycles. The molecule has 2 rings (SSSR count). The Hall–Kier alpha value is -1.38. The highest BCUT2D eigenvalue weighted by Gasteiger charge is 2.17. The lowest BCUT2D eigenvalue weighted by Crippen LogP contribution is -2.14. The van der Waals surface area contributed by atoms with Crippen LogP contribution < -0.4 is 0 Å². The van der Waals surface area contributed by atoms with Gasteiger partial charge in [0.2, 0.25) is 0 Å². The maximum Gasteiger partial charge on any atom is 0.155 e. The molecule has 0 saturated carbocycles. The van der Waals surface area contributed by atoms with Crippen LogP contribution in [0.25, 0.3) is 5.65 Å². The number of aryl methyl sites for hydroxylation is 1. The maximum absolute atomic E-state index is 4.15. The van der Waals surface area contributed by atoms with Gasteiger partial charge in [-0.05, 0) is 29.5 Å². The molecule has 0 aliphatic carbocycles. The number of rotatable bonds is 0. The van der Waals surface area contributed by atoms with E-state index < -0.39 is 0 Å². The van der Waals surface area contributed by atoms with E-state index in [2.05, 4.69) is 50.0 Å². The van der Waals surface area contributed by atoms with E-state index in [0.717, 1.165) is 5.65 Å². The molecule has 0 saturated heterocycles. The first-order valence-corrected chi connectivity index (χ1v) is 4.79. The first-order valence-electron chi connectivity index (χ1n) is 4.79. The van der Waals surface area contributed by atoms with Gasteiger partial charge in [-0.1, -0.05) is 20.8 Å². The highest BCUT2D eigenvalue weighted by molar-refractivity contribution is 5.44. The number of aromatic nitrogens is 3. The van der Waals surface area contributed by atoms with Crippen molar-refractivity contribution < 1.29 is 0 Å². The smallest absolute Gasteiger partial charge is 0.155 e. The SMILES string of the molecule is Cc1cc2ncnn2cc1C(C)(C)C. The molecular weight excluding hydrogens is 174 g/mol. The lowest BCUT2D eigenvalue weighted by molar-refractivity contribution is 0.580. The number of hydrogen-bond donors (Lipinski definition) is 0. The van der Waals surface area contributed by atoms with Crippen LogP contribution in [0.15, 0.2) is 18.6 Å². The molecule has 2 aromatic rings. The number of hydrogen-bond acceptors (Lipinski definition) is 2. The third kappa shape index (κ3) is 1.39. The van der Waals surface area contributed by atoms with E-state index in [1.54, 1.807) is 6.33 Å². The van der Waals surface area contributed by atoms with Crippen molar-refractivity contribution in [1.82, 2.24) is 14.6 Å². The van der Waals surface area contributed by atoms with Gasteiger partial charge in [0.15, 0.2) is 5.65 Å². The Balaban J connectivity index is 2.71. The minimum atomic E-state index is 0.157. The fourth-order valence-corrected chi connectivity index (χ4v) is 1.74. The molecule has 3 nitrogen and oxygen atoms in total. The monoisotopic (exact) mass is 189 g/mol. The lowest BCUT2D eigenvalue weighted by Gasteiger charge is -2.21. The zero-order valence-corrected chi connectivity index (χ0v) is 9.07. The Morgan fingerprint density at radius 1 is 1.29 bits per heavy atom. The second-order valence-electron chi connectivity index (χ2n) is 4.68. The van der Waals surface area contributed by atoms with Gasteiger partial charge in [-0.15, -0.1) is 0 Å². The van der Waals surface area contributed by atoms with E-state index in [-0.39, 0.29) is 5.41 Å². The first-order chi connectivity index (χ1) is 6.48. The van der Waals surface area contributed by atoms with Crippen molar-refractivity contribution in [1.29, 1.82) is 0 Å². The molecule has 0 amide bonds. The van der Waals surface area contributed by atoms with Crippen molar-refractivity contribution in [3.05, 3.63) is 29.7 Å². The standard InChI is InChI=1S/C11H15N3/c1-8-5-10-12-7-13-14(10)6-9(8)11(2,3)4/h5-7H,1-4H3. The van der Waals surface area contributed by atoms with Crippen LogP contribution in [0.4, 0.5) is 0 Å². The molecule has 3 heteroatoms. The molecule has 14 heavy (non-hydrogen) atoms. The first kappa shape index (κ1) is 9.19. The van der Waals surface area contributed by atoms with Crippen LogP contribution in [0, 0.1) is 6.92 Å². The van der Waals surface area contributed by atoms with Crippen LogP contribution in [0.1, 0.15) is 31.9 Å². The van der Waals surface area contributed by atoms with Gasteiger partial charge in [-0.25, -0.2) is 9.50 Å². The van der Waals surface area contributed by atoms with Crippen LogP contribution >= 0.6 is 0 Å². The molecule has 74 valence electrons. The lowest BCUT2D eigenvalue weighted by atomic mass is 9.85. The van der Waals surface area contributed by atoms with Gasteiger partial charge in [-0.2, -0.15) is 5.10 Å². The van der Waals surface area contributed by atoms with Crippen LogP contribution in [0.3, 0.4) is 0 Å². The molecule has 0 radical (unpaired) electrons. The van der Waals surface area contributed by atoms with Crippen molar-refractivity contribution in [3.8, 4) is 0 Å². The van der Waals surface area contributed by atoms with Crippen molar-refractivity contribution in [2.24, 2.45) is 0 Å². The van der Waals surface area contributed by atoms with Gasteiger partial charge in [0.25, 0.3) is 0 Å².